The highest BCUT2D eigenvalue weighted by Crippen LogP contribution is 2.41. The largest absolute Gasteiger partial charge is 0.508 e. The van der Waals surface area contributed by atoms with Gasteiger partial charge in [-0.1, -0.05) is 55.5 Å². The average molecular weight is 439 g/mol. The van der Waals surface area contributed by atoms with E-state index in [1.807, 2.05) is 55.5 Å². The molecule has 0 aliphatic rings. The van der Waals surface area contributed by atoms with E-state index in [4.69, 9.17) is 4.74 Å². The van der Waals surface area contributed by atoms with Gasteiger partial charge in [-0.15, -0.1) is 0 Å². The Bertz CT molecular complexity index is 1420. The number of phenolic OH excluding ortho intramolecular Hbond substituents is 3. The Morgan fingerprint density at radius 3 is 1.82 bits per heavy atom. The normalized spacial score (nSPS) is 11.2. The molecule has 1 aromatic heterocycles. The summed E-state index contributed by atoms with van der Waals surface area (Å²) in [6.07, 6.45) is 0.753. The fourth-order valence-electron chi connectivity index (χ4n) is 3.92. The first-order valence-corrected chi connectivity index (χ1v) is 10.6. The zero-order chi connectivity index (χ0) is 22.9. The van der Waals surface area contributed by atoms with E-state index in [1.165, 1.54) is 0 Å². The van der Waals surface area contributed by atoms with E-state index in [0.29, 0.717) is 12.4 Å². The predicted molar refractivity (Wildman–Crippen MR) is 126 cm³/mol. The molecule has 0 radical (unpaired) electrons. The van der Waals surface area contributed by atoms with E-state index in [0.717, 1.165) is 45.7 Å². The zero-order valence-corrected chi connectivity index (χ0v) is 17.9. The lowest BCUT2D eigenvalue weighted by molar-refractivity contribution is 0.292. The molecule has 0 atom stereocenters. The van der Waals surface area contributed by atoms with E-state index in [9.17, 15) is 15.3 Å². The van der Waals surface area contributed by atoms with E-state index in [1.54, 1.807) is 0 Å². The van der Waals surface area contributed by atoms with Crippen molar-refractivity contribution in [2.45, 2.75) is 13.3 Å². The van der Waals surface area contributed by atoms with Crippen LogP contribution in [0.25, 0.3) is 44.3 Å². The molecule has 0 fully saturated rings. The number of fused-ring (bicyclic) bond motifs is 2. The zero-order valence-electron chi connectivity index (χ0n) is 17.9. The Balaban J connectivity index is 1.84. The number of phenols is 3. The second-order valence-corrected chi connectivity index (χ2v) is 7.67. The van der Waals surface area contributed by atoms with Gasteiger partial charge in [-0.3, -0.25) is 0 Å². The first-order valence-electron chi connectivity index (χ1n) is 10.6. The maximum Gasteiger partial charge on any atom is 0.320 e. The van der Waals surface area contributed by atoms with Crippen molar-refractivity contribution in [3.8, 4) is 46.0 Å². The number of aromatic hydroxyl groups is 3. The Morgan fingerprint density at radius 1 is 0.697 bits per heavy atom. The third-order valence-electron chi connectivity index (χ3n) is 5.35. The van der Waals surface area contributed by atoms with Gasteiger partial charge < -0.3 is 20.1 Å². The number of rotatable bonds is 5. The Labute approximate surface area is 189 Å². The number of nitrogens with zero attached hydrogens (tertiary/aromatic N) is 3. The molecule has 0 spiro atoms. The van der Waals surface area contributed by atoms with Gasteiger partial charge in [-0.25, -0.2) is 4.98 Å². The number of hydrogen-bond donors (Lipinski definition) is 3. The minimum Gasteiger partial charge on any atom is -0.508 e. The predicted octanol–water partition coefficient (Wildman–Crippen LogP) is 5.42. The summed E-state index contributed by atoms with van der Waals surface area (Å²) in [7, 11) is 0. The Kier molecular flexibility index (Phi) is 5.14. The van der Waals surface area contributed by atoms with Crippen molar-refractivity contribution < 1.29 is 20.1 Å². The molecule has 33 heavy (non-hydrogen) atoms. The number of benzene rings is 4. The van der Waals surface area contributed by atoms with Gasteiger partial charge in [0.15, 0.2) is 11.6 Å². The third kappa shape index (κ3) is 3.74. The molecular formula is C26H21N3O4. The Hall–Kier alpha value is -4.39. The first-order chi connectivity index (χ1) is 16.0. The summed E-state index contributed by atoms with van der Waals surface area (Å²) in [6, 6.07) is 20.4. The molecule has 4 aromatic carbocycles. The molecule has 7 heteroatoms. The van der Waals surface area contributed by atoms with E-state index < -0.39 is 0 Å². The topological polar surface area (TPSA) is 109 Å². The van der Waals surface area contributed by atoms with Crippen LogP contribution in [0.1, 0.15) is 13.3 Å². The lowest BCUT2D eigenvalue weighted by Gasteiger charge is -2.14. The van der Waals surface area contributed by atoms with E-state index in [-0.39, 0.29) is 34.6 Å². The number of aromatic nitrogens is 3. The second kappa shape index (κ2) is 8.27. The van der Waals surface area contributed by atoms with Crippen LogP contribution in [0.15, 0.2) is 66.7 Å². The van der Waals surface area contributed by atoms with Crippen molar-refractivity contribution in [3.05, 3.63) is 66.7 Å². The molecule has 0 unspecified atom stereocenters. The fraction of sp³-hybridized carbons (Fsp3) is 0.115. The lowest BCUT2D eigenvalue weighted by atomic mass is 9.96. The van der Waals surface area contributed by atoms with Crippen molar-refractivity contribution >= 4 is 21.5 Å². The van der Waals surface area contributed by atoms with Crippen LogP contribution in [0.5, 0.6) is 23.3 Å². The molecule has 0 aliphatic heterocycles. The van der Waals surface area contributed by atoms with Gasteiger partial charge in [-0.2, -0.15) is 9.97 Å². The van der Waals surface area contributed by atoms with Crippen molar-refractivity contribution in [1.29, 1.82) is 0 Å². The first kappa shape index (κ1) is 20.5. The molecule has 0 aliphatic carbocycles. The summed E-state index contributed by atoms with van der Waals surface area (Å²) < 4.78 is 5.73. The highest BCUT2D eigenvalue weighted by atomic mass is 16.5. The summed E-state index contributed by atoms with van der Waals surface area (Å²) in [6.45, 7) is 2.37. The molecule has 7 nitrogen and oxygen atoms in total. The van der Waals surface area contributed by atoms with Gasteiger partial charge in [0.25, 0.3) is 0 Å². The minimum absolute atomic E-state index is 0.0117. The maximum absolute atomic E-state index is 10.4. The van der Waals surface area contributed by atoms with Gasteiger partial charge in [0, 0.05) is 17.7 Å². The quantitative estimate of drug-likeness (QED) is 0.314. The van der Waals surface area contributed by atoms with Crippen LogP contribution < -0.4 is 4.74 Å². The monoisotopic (exact) mass is 439 g/mol. The summed E-state index contributed by atoms with van der Waals surface area (Å²) in [4.78, 5) is 13.5. The molecule has 0 amide bonds. The smallest absolute Gasteiger partial charge is 0.320 e. The van der Waals surface area contributed by atoms with Gasteiger partial charge in [0.1, 0.15) is 22.8 Å². The summed E-state index contributed by atoms with van der Waals surface area (Å²) in [5.41, 5.74) is 0.786. The standard InChI is InChI=1S/C26H21N3O4/c1-2-11-33-26-28-24(27-25(29-26)23-20(31)13-17(30)14-21(23)32)22-18-9-5-3-7-15(18)12-16-8-4-6-10-19(16)22/h3-10,12-14,30-32H,2,11H2,1H3. The molecule has 0 bridgehead atoms. The molecular weight excluding hydrogens is 418 g/mol. The highest BCUT2D eigenvalue weighted by Gasteiger charge is 2.21. The maximum atomic E-state index is 10.4. The molecule has 5 aromatic rings. The van der Waals surface area contributed by atoms with Crippen molar-refractivity contribution in [2.24, 2.45) is 0 Å². The van der Waals surface area contributed by atoms with Crippen LogP contribution in [0.3, 0.4) is 0 Å². The van der Waals surface area contributed by atoms with Crippen LogP contribution in [-0.2, 0) is 0 Å². The number of ether oxygens (including phenoxy) is 1. The SMILES string of the molecule is CCCOc1nc(-c2c(O)cc(O)cc2O)nc(-c2c3ccccc3cc3ccccc23)n1. The molecule has 0 saturated carbocycles. The molecule has 5 rings (SSSR count). The Morgan fingerprint density at radius 2 is 1.24 bits per heavy atom. The second-order valence-electron chi connectivity index (χ2n) is 7.67. The van der Waals surface area contributed by atoms with Gasteiger partial charge >= 0.3 is 6.01 Å². The van der Waals surface area contributed by atoms with E-state index in [2.05, 4.69) is 21.0 Å². The van der Waals surface area contributed by atoms with Gasteiger partial charge in [0.2, 0.25) is 0 Å². The van der Waals surface area contributed by atoms with Crippen LogP contribution in [-0.4, -0.2) is 36.9 Å². The summed E-state index contributed by atoms with van der Waals surface area (Å²) >= 11 is 0. The molecule has 0 saturated heterocycles. The van der Waals surface area contributed by atoms with Crippen molar-refractivity contribution in [2.75, 3.05) is 6.61 Å². The molecule has 164 valence electrons. The fourth-order valence-corrected chi connectivity index (χ4v) is 3.92. The van der Waals surface area contributed by atoms with E-state index >= 15 is 0 Å². The lowest BCUT2D eigenvalue weighted by Crippen LogP contribution is -2.05. The van der Waals surface area contributed by atoms with Crippen molar-refractivity contribution in [3.63, 3.8) is 0 Å². The van der Waals surface area contributed by atoms with Gasteiger partial charge in [-0.05, 0) is 34.0 Å². The summed E-state index contributed by atoms with van der Waals surface area (Å²) in [5.74, 6) is -0.586. The van der Waals surface area contributed by atoms with Crippen LogP contribution >= 0.6 is 0 Å². The van der Waals surface area contributed by atoms with Crippen LogP contribution in [0.4, 0.5) is 0 Å². The van der Waals surface area contributed by atoms with Gasteiger partial charge in [0.05, 0.1) is 6.61 Å². The summed E-state index contributed by atoms with van der Waals surface area (Å²) in [5, 5.41) is 34.5. The highest BCUT2D eigenvalue weighted by molar-refractivity contribution is 6.11. The molecule has 1 heterocycles. The van der Waals surface area contributed by atoms with Crippen molar-refractivity contribution in [1.82, 2.24) is 15.0 Å². The minimum atomic E-state index is -0.353. The average Bonchev–Trinajstić information content (AvgIpc) is 2.80. The van der Waals surface area contributed by atoms with Crippen LogP contribution in [0, 0.1) is 0 Å². The van der Waals surface area contributed by atoms with Crippen LogP contribution in [0.2, 0.25) is 0 Å². The molecule has 3 N–H and O–H groups in total. The third-order valence-corrected chi connectivity index (χ3v) is 5.35. The number of hydrogen-bond acceptors (Lipinski definition) is 7.